The average molecular weight is 333 g/mol. The molecule has 1 aliphatic heterocycles. The largest absolute Gasteiger partial charge is 0.365 e. The topological polar surface area (TPSA) is 76.3 Å². The summed E-state index contributed by atoms with van der Waals surface area (Å²) >= 11 is 1.24. The molecule has 1 saturated heterocycles. The van der Waals surface area contributed by atoms with E-state index in [-0.39, 0.29) is 24.2 Å². The Bertz CT molecular complexity index is 729. The first-order chi connectivity index (χ1) is 11.0. The Kier molecular flexibility index (Phi) is 4.38. The molecule has 1 fully saturated rings. The first-order valence-electron chi connectivity index (χ1n) is 7.34. The molecule has 1 aromatic heterocycles. The van der Waals surface area contributed by atoms with Crippen LogP contribution in [-0.2, 0) is 11.2 Å². The van der Waals surface area contributed by atoms with Crippen LogP contribution in [0.4, 0.5) is 4.39 Å². The highest BCUT2D eigenvalue weighted by molar-refractivity contribution is 7.13. The number of carbonyl (C=O) groups excluding carboxylic acids is 2. The Morgan fingerprint density at radius 1 is 1.35 bits per heavy atom. The van der Waals surface area contributed by atoms with Crippen molar-refractivity contribution in [3.8, 4) is 0 Å². The number of benzene rings is 1. The lowest BCUT2D eigenvalue weighted by atomic mass is 10.1. The Hall–Kier alpha value is -2.28. The fourth-order valence-electron chi connectivity index (χ4n) is 2.76. The van der Waals surface area contributed by atoms with E-state index in [1.165, 1.54) is 29.7 Å². The smallest absolute Gasteiger partial charge is 0.260 e. The number of thiazole rings is 1. The standard InChI is InChI=1S/C16H16FN3O2S/c17-11-5-3-10(4-6-11)8-14(21)20-7-1-2-12(20)16-19-9-13(23-16)15(18)22/h3-6,9,12H,1-2,7-8H2,(H2,18,22)/t12-/m1/s1. The van der Waals surface area contributed by atoms with Gasteiger partial charge in [-0.15, -0.1) is 11.3 Å². The van der Waals surface area contributed by atoms with E-state index in [9.17, 15) is 14.0 Å². The zero-order chi connectivity index (χ0) is 16.4. The van der Waals surface area contributed by atoms with Crippen LogP contribution in [0.25, 0.3) is 0 Å². The van der Waals surface area contributed by atoms with Crippen LogP contribution in [0.1, 0.15) is 39.1 Å². The normalized spacial score (nSPS) is 17.4. The van der Waals surface area contributed by atoms with Crippen molar-refractivity contribution >= 4 is 23.2 Å². The van der Waals surface area contributed by atoms with Gasteiger partial charge in [-0.25, -0.2) is 9.37 Å². The molecule has 0 spiro atoms. The second-order valence-electron chi connectivity index (χ2n) is 5.48. The van der Waals surface area contributed by atoms with Gasteiger partial charge >= 0.3 is 0 Å². The van der Waals surface area contributed by atoms with Crippen molar-refractivity contribution < 1.29 is 14.0 Å². The average Bonchev–Trinajstić information content (AvgIpc) is 3.17. The predicted octanol–water partition coefficient (Wildman–Crippen LogP) is 2.29. The molecule has 0 aliphatic carbocycles. The Morgan fingerprint density at radius 2 is 2.09 bits per heavy atom. The number of primary amides is 1. The number of hydrogen-bond acceptors (Lipinski definition) is 4. The first-order valence-corrected chi connectivity index (χ1v) is 8.15. The van der Waals surface area contributed by atoms with Gasteiger partial charge in [0, 0.05) is 6.54 Å². The molecule has 1 aromatic carbocycles. The van der Waals surface area contributed by atoms with Gasteiger partial charge < -0.3 is 10.6 Å². The van der Waals surface area contributed by atoms with Crippen molar-refractivity contribution in [2.45, 2.75) is 25.3 Å². The summed E-state index contributed by atoms with van der Waals surface area (Å²) in [5.74, 6) is -0.840. The Morgan fingerprint density at radius 3 is 2.74 bits per heavy atom. The number of likely N-dealkylation sites (tertiary alicyclic amines) is 1. The number of aromatic nitrogens is 1. The van der Waals surface area contributed by atoms with Crippen molar-refractivity contribution in [1.29, 1.82) is 0 Å². The summed E-state index contributed by atoms with van der Waals surface area (Å²) < 4.78 is 12.9. The summed E-state index contributed by atoms with van der Waals surface area (Å²) in [6.07, 6.45) is 3.40. The number of nitrogens with two attached hydrogens (primary N) is 1. The van der Waals surface area contributed by atoms with Crippen molar-refractivity contribution in [2.24, 2.45) is 5.73 Å². The summed E-state index contributed by atoms with van der Waals surface area (Å²) in [6.45, 7) is 0.663. The molecule has 0 saturated carbocycles. The molecule has 0 bridgehead atoms. The van der Waals surface area contributed by atoms with Crippen LogP contribution in [0, 0.1) is 5.82 Å². The fraction of sp³-hybridized carbons (Fsp3) is 0.312. The number of rotatable bonds is 4. The highest BCUT2D eigenvalue weighted by Gasteiger charge is 2.32. The molecule has 5 nitrogen and oxygen atoms in total. The lowest BCUT2D eigenvalue weighted by molar-refractivity contribution is -0.131. The van der Waals surface area contributed by atoms with Crippen LogP contribution in [0.2, 0.25) is 0 Å². The fourth-order valence-corrected chi connectivity index (χ4v) is 3.67. The molecule has 0 unspecified atom stereocenters. The van der Waals surface area contributed by atoms with Crippen LogP contribution in [0.5, 0.6) is 0 Å². The molecule has 2 N–H and O–H groups in total. The molecule has 0 radical (unpaired) electrons. The number of nitrogens with zero attached hydrogens (tertiary/aromatic N) is 2. The summed E-state index contributed by atoms with van der Waals surface area (Å²) in [7, 11) is 0. The minimum atomic E-state index is -0.504. The quantitative estimate of drug-likeness (QED) is 0.932. The van der Waals surface area contributed by atoms with E-state index in [2.05, 4.69) is 4.98 Å². The van der Waals surface area contributed by atoms with E-state index in [1.807, 2.05) is 0 Å². The van der Waals surface area contributed by atoms with Crippen LogP contribution < -0.4 is 5.73 Å². The number of carbonyl (C=O) groups is 2. The third-order valence-electron chi connectivity index (χ3n) is 3.89. The van der Waals surface area contributed by atoms with Crippen molar-refractivity contribution in [2.75, 3.05) is 6.54 Å². The van der Waals surface area contributed by atoms with Crippen LogP contribution in [0.3, 0.4) is 0 Å². The van der Waals surface area contributed by atoms with Gasteiger partial charge in [-0.3, -0.25) is 9.59 Å². The van der Waals surface area contributed by atoms with E-state index >= 15 is 0 Å². The highest BCUT2D eigenvalue weighted by atomic mass is 32.1. The van der Waals surface area contributed by atoms with Crippen LogP contribution in [0.15, 0.2) is 30.5 Å². The van der Waals surface area contributed by atoms with E-state index in [1.54, 1.807) is 17.0 Å². The van der Waals surface area contributed by atoms with Gasteiger partial charge in [0.2, 0.25) is 5.91 Å². The molecule has 1 aliphatic rings. The van der Waals surface area contributed by atoms with E-state index in [4.69, 9.17) is 5.73 Å². The SMILES string of the molecule is NC(=O)c1cnc([C@H]2CCCN2C(=O)Cc2ccc(F)cc2)s1. The van der Waals surface area contributed by atoms with Gasteiger partial charge in [0.25, 0.3) is 5.91 Å². The molecule has 1 atom stereocenters. The second-order valence-corrected chi connectivity index (χ2v) is 6.54. The van der Waals surface area contributed by atoms with Crippen LogP contribution in [-0.4, -0.2) is 28.2 Å². The van der Waals surface area contributed by atoms with Gasteiger partial charge in [0.05, 0.1) is 18.7 Å². The lowest BCUT2D eigenvalue weighted by Gasteiger charge is -2.23. The molecular weight excluding hydrogens is 317 g/mol. The summed E-state index contributed by atoms with van der Waals surface area (Å²) in [4.78, 5) is 30.2. The maximum Gasteiger partial charge on any atom is 0.260 e. The van der Waals surface area contributed by atoms with Gasteiger partial charge in [-0.2, -0.15) is 0 Å². The zero-order valence-electron chi connectivity index (χ0n) is 12.4. The molecule has 120 valence electrons. The highest BCUT2D eigenvalue weighted by Crippen LogP contribution is 2.34. The minimum Gasteiger partial charge on any atom is -0.365 e. The molecule has 2 aromatic rings. The molecule has 23 heavy (non-hydrogen) atoms. The zero-order valence-corrected chi connectivity index (χ0v) is 13.2. The van der Waals surface area contributed by atoms with E-state index < -0.39 is 5.91 Å². The molecule has 7 heteroatoms. The maximum atomic E-state index is 12.9. The third-order valence-corrected chi connectivity index (χ3v) is 5.01. The first kappa shape index (κ1) is 15.6. The van der Waals surface area contributed by atoms with Crippen LogP contribution >= 0.6 is 11.3 Å². The maximum absolute atomic E-state index is 12.9. The lowest BCUT2D eigenvalue weighted by Crippen LogP contribution is -2.31. The summed E-state index contributed by atoms with van der Waals surface area (Å²) in [6, 6.07) is 5.83. The van der Waals surface area contributed by atoms with Crippen molar-refractivity contribution in [1.82, 2.24) is 9.88 Å². The Balaban J connectivity index is 1.73. The third kappa shape index (κ3) is 3.39. The van der Waals surface area contributed by atoms with Gasteiger partial charge in [0.1, 0.15) is 15.7 Å². The number of amides is 2. The predicted molar refractivity (Wildman–Crippen MR) is 84.4 cm³/mol. The summed E-state index contributed by atoms with van der Waals surface area (Å²) in [5, 5.41) is 0.740. The Labute approximate surface area is 136 Å². The molecule has 2 heterocycles. The minimum absolute atomic E-state index is 0.0186. The monoisotopic (exact) mass is 333 g/mol. The second kappa shape index (κ2) is 6.45. The molecular formula is C16H16FN3O2S. The molecule has 3 rings (SSSR count). The van der Waals surface area contributed by atoms with E-state index in [0.29, 0.717) is 11.4 Å². The van der Waals surface area contributed by atoms with Crippen molar-refractivity contribution in [3.05, 3.63) is 51.7 Å². The van der Waals surface area contributed by atoms with Gasteiger partial charge in [-0.05, 0) is 30.5 Å². The van der Waals surface area contributed by atoms with Gasteiger partial charge in [-0.1, -0.05) is 12.1 Å². The van der Waals surface area contributed by atoms with E-state index in [0.717, 1.165) is 23.4 Å². The molecule has 2 amide bonds. The summed E-state index contributed by atoms with van der Waals surface area (Å²) in [5.41, 5.74) is 6.03. The van der Waals surface area contributed by atoms with Crippen molar-refractivity contribution in [3.63, 3.8) is 0 Å². The number of hydrogen-bond donors (Lipinski definition) is 1. The van der Waals surface area contributed by atoms with Gasteiger partial charge in [0.15, 0.2) is 0 Å². The number of halogens is 1.